The second kappa shape index (κ2) is 10.1. The molecule has 3 aromatic rings. The lowest BCUT2D eigenvalue weighted by atomic mass is 10.0. The molecule has 1 heterocycles. The van der Waals surface area contributed by atoms with E-state index in [1.54, 1.807) is 23.9 Å². The standard InChI is InChI=1S/C22H23NO5S/c1-29-10-9-16(13-24)23-21(25)14-27-17-7-8-18-19(15-5-3-2-4-6-15)12-22(26)28-20(18)11-17/h2-8,11-12,16,24H,9-10,13-14H2,1H3,(H,23,25)/t16-/m0/s1. The molecule has 2 N–H and O–H groups in total. The monoisotopic (exact) mass is 413 g/mol. The highest BCUT2D eigenvalue weighted by Crippen LogP contribution is 2.29. The van der Waals surface area contributed by atoms with E-state index in [4.69, 9.17) is 9.15 Å². The van der Waals surface area contributed by atoms with Crippen LogP contribution in [0.2, 0.25) is 0 Å². The van der Waals surface area contributed by atoms with Crippen molar-refractivity contribution in [1.82, 2.24) is 5.32 Å². The Bertz CT molecular complexity index is 1020. The number of ether oxygens (including phenoxy) is 1. The fraction of sp³-hybridized carbons (Fsp3) is 0.273. The molecule has 3 rings (SSSR count). The van der Waals surface area contributed by atoms with E-state index in [0.29, 0.717) is 17.8 Å². The van der Waals surface area contributed by atoms with E-state index in [2.05, 4.69) is 5.32 Å². The van der Waals surface area contributed by atoms with Crippen LogP contribution < -0.4 is 15.7 Å². The Labute approximate surface area is 172 Å². The molecule has 1 aromatic heterocycles. The van der Waals surface area contributed by atoms with Crippen LogP contribution in [0.1, 0.15) is 6.42 Å². The van der Waals surface area contributed by atoms with E-state index in [1.165, 1.54) is 6.07 Å². The predicted octanol–water partition coefficient (Wildman–Crippen LogP) is 3.07. The highest BCUT2D eigenvalue weighted by molar-refractivity contribution is 7.98. The Kier molecular flexibility index (Phi) is 7.32. The fourth-order valence-electron chi connectivity index (χ4n) is 2.98. The molecule has 0 aliphatic carbocycles. The number of amides is 1. The summed E-state index contributed by atoms with van der Waals surface area (Å²) in [6, 6.07) is 15.9. The zero-order valence-corrected chi connectivity index (χ0v) is 16.9. The average Bonchev–Trinajstić information content (AvgIpc) is 2.74. The third-order valence-electron chi connectivity index (χ3n) is 4.43. The number of rotatable bonds is 9. The summed E-state index contributed by atoms with van der Waals surface area (Å²) in [4.78, 5) is 24.1. The molecule has 1 atom stereocenters. The molecule has 2 aromatic carbocycles. The van der Waals surface area contributed by atoms with Crippen LogP contribution in [0.5, 0.6) is 5.75 Å². The Morgan fingerprint density at radius 1 is 1.21 bits per heavy atom. The number of benzene rings is 2. The van der Waals surface area contributed by atoms with Gasteiger partial charge >= 0.3 is 5.63 Å². The number of aliphatic hydroxyl groups is 1. The Morgan fingerprint density at radius 3 is 2.72 bits per heavy atom. The smallest absolute Gasteiger partial charge is 0.336 e. The first-order valence-electron chi connectivity index (χ1n) is 9.26. The molecule has 0 unspecified atom stereocenters. The first-order valence-corrected chi connectivity index (χ1v) is 10.7. The van der Waals surface area contributed by atoms with E-state index in [0.717, 1.165) is 22.3 Å². The van der Waals surface area contributed by atoms with Crippen molar-refractivity contribution >= 4 is 28.6 Å². The van der Waals surface area contributed by atoms with Gasteiger partial charge in [0.05, 0.1) is 12.6 Å². The molecule has 0 aliphatic heterocycles. The normalized spacial score (nSPS) is 11.9. The maximum Gasteiger partial charge on any atom is 0.336 e. The molecular formula is C22H23NO5S. The lowest BCUT2D eigenvalue weighted by Gasteiger charge is -2.16. The zero-order valence-electron chi connectivity index (χ0n) is 16.1. The third kappa shape index (κ3) is 5.62. The second-order valence-electron chi connectivity index (χ2n) is 6.52. The van der Waals surface area contributed by atoms with Gasteiger partial charge in [0.15, 0.2) is 6.61 Å². The maximum atomic E-state index is 12.1. The molecule has 0 radical (unpaired) electrons. The van der Waals surface area contributed by atoms with Crippen LogP contribution in [0, 0.1) is 0 Å². The van der Waals surface area contributed by atoms with Gasteiger partial charge in [0.1, 0.15) is 11.3 Å². The van der Waals surface area contributed by atoms with Gasteiger partial charge in [-0.2, -0.15) is 11.8 Å². The van der Waals surface area contributed by atoms with E-state index < -0.39 is 5.63 Å². The summed E-state index contributed by atoms with van der Waals surface area (Å²) in [6.45, 7) is -0.306. The van der Waals surface area contributed by atoms with E-state index >= 15 is 0 Å². The van der Waals surface area contributed by atoms with Gasteiger partial charge in [0.25, 0.3) is 5.91 Å². The van der Waals surface area contributed by atoms with Crippen LogP contribution in [0.3, 0.4) is 0 Å². The fourth-order valence-corrected chi connectivity index (χ4v) is 3.50. The van der Waals surface area contributed by atoms with Crippen molar-refractivity contribution in [2.75, 3.05) is 25.2 Å². The quantitative estimate of drug-likeness (QED) is 0.524. The van der Waals surface area contributed by atoms with Crippen molar-refractivity contribution in [3.05, 3.63) is 65.0 Å². The summed E-state index contributed by atoms with van der Waals surface area (Å²) in [6.07, 6.45) is 2.66. The van der Waals surface area contributed by atoms with Crippen LogP contribution in [-0.4, -0.2) is 42.3 Å². The summed E-state index contributed by atoms with van der Waals surface area (Å²) in [5.41, 5.74) is 1.63. The summed E-state index contributed by atoms with van der Waals surface area (Å²) < 4.78 is 10.9. The SMILES string of the molecule is CSCC[C@@H](CO)NC(=O)COc1ccc2c(-c3ccccc3)cc(=O)oc2c1. The summed E-state index contributed by atoms with van der Waals surface area (Å²) >= 11 is 1.65. The minimum absolute atomic E-state index is 0.115. The number of nitrogens with one attached hydrogen (secondary N) is 1. The highest BCUT2D eigenvalue weighted by atomic mass is 32.2. The minimum atomic E-state index is -0.453. The molecule has 6 nitrogen and oxygen atoms in total. The maximum absolute atomic E-state index is 12.1. The third-order valence-corrected chi connectivity index (χ3v) is 5.07. The Morgan fingerprint density at radius 2 is 2.00 bits per heavy atom. The van der Waals surface area contributed by atoms with Crippen molar-refractivity contribution in [2.24, 2.45) is 0 Å². The zero-order chi connectivity index (χ0) is 20.6. The predicted molar refractivity (Wildman–Crippen MR) is 115 cm³/mol. The van der Waals surface area contributed by atoms with Crippen molar-refractivity contribution in [3.63, 3.8) is 0 Å². The molecule has 1 amide bonds. The molecule has 0 saturated heterocycles. The number of hydrogen-bond donors (Lipinski definition) is 2. The van der Waals surface area contributed by atoms with Crippen LogP contribution in [0.4, 0.5) is 0 Å². The number of carbonyl (C=O) groups is 1. The van der Waals surface area contributed by atoms with Crippen LogP contribution >= 0.6 is 11.8 Å². The lowest BCUT2D eigenvalue weighted by molar-refractivity contribution is -0.124. The topological polar surface area (TPSA) is 88.8 Å². The molecular weight excluding hydrogens is 390 g/mol. The molecule has 0 aliphatic rings. The summed E-state index contributed by atoms with van der Waals surface area (Å²) in [5, 5.41) is 12.9. The largest absolute Gasteiger partial charge is 0.484 e. The van der Waals surface area contributed by atoms with Crippen molar-refractivity contribution in [3.8, 4) is 16.9 Å². The number of thioether (sulfide) groups is 1. The Balaban J connectivity index is 1.73. The number of fused-ring (bicyclic) bond motifs is 1. The molecule has 152 valence electrons. The molecule has 29 heavy (non-hydrogen) atoms. The van der Waals surface area contributed by atoms with Crippen LogP contribution in [0.25, 0.3) is 22.1 Å². The first kappa shape index (κ1) is 21.0. The van der Waals surface area contributed by atoms with E-state index in [1.807, 2.05) is 42.7 Å². The van der Waals surface area contributed by atoms with Gasteiger partial charge < -0.3 is 19.6 Å². The molecule has 0 saturated carbocycles. The van der Waals surface area contributed by atoms with Crippen molar-refractivity contribution < 1.29 is 19.1 Å². The lowest BCUT2D eigenvalue weighted by Crippen LogP contribution is -2.40. The average molecular weight is 413 g/mol. The highest BCUT2D eigenvalue weighted by Gasteiger charge is 2.13. The Hall–Kier alpha value is -2.77. The van der Waals surface area contributed by atoms with Crippen molar-refractivity contribution in [1.29, 1.82) is 0 Å². The van der Waals surface area contributed by atoms with Crippen LogP contribution in [-0.2, 0) is 4.79 Å². The molecule has 0 bridgehead atoms. The molecule has 0 fully saturated rings. The second-order valence-corrected chi connectivity index (χ2v) is 7.51. The first-order chi connectivity index (χ1) is 14.1. The number of hydrogen-bond acceptors (Lipinski definition) is 6. The molecule has 0 spiro atoms. The van der Waals surface area contributed by atoms with Gasteiger partial charge in [-0.25, -0.2) is 4.79 Å². The van der Waals surface area contributed by atoms with E-state index in [9.17, 15) is 14.7 Å². The van der Waals surface area contributed by atoms with Gasteiger partial charge in [-0.1, -0.05) is 30.3 Å². The number of carbonyl (C=O) groups excluding carboxylic acids is 1. The van der Waals surface area contributed by atoms with Gasteiger partial charge in [0.2, 0.25) is 0 Å². The van der Waals surface area contributed by atoms with E-state index in [-0.39, 0.29) is 25.2 Å². The number of aliphatic hydroxyl groups excluding tert-OH is 1. The summed E-state index contributed by atoms with van der Waals surface area (Å²) in [5.74, 6) is 0.954. The van der Waals surface area contributed by atoms with Crippen molar-refractivity contribution in [2.45, 2.75) is 12.5 Å². The van der Waals surface area contributed by atoms with Gasteiger partial charge in [-0.15, -0.1) is 0 Å². The van der Waals surface area contributed by atoms with Crippen LogP contribution in [0.15, 0.2) is 63.8 Å². The minimum Gasteiger partial charge on any atom is -0.484 e. The van der Waals surface area contributed by atoms with Gasteiger partial charge in [-0.05, 0) is 41.7 Å². The van der Waals surface area contributed by atoms with Gasteiger partial charge in [-0.3, -0.25) is 4.79 Å². The molecule has 7 heteroatoms. The summed E-state index contributed by atoms with van der Waals surface area (Å²) in [7, 11) is 0. The van der Waals surface area contributed by atoms with Gasteiger partial charge in [0, 0.05) is 17.5 Å².